The molecule has 2 unspecified atom stereocenters. The number of hydrogen-bond donors (Lipinski definition) is 0. The second-order valence-corrected chi connectivity index (χ2v) is 6.52. The molecular formula is C21H18ClN. The Hall–Kier alpha value is -2.25. The van der Waals surface area contributed by atoms with E-state index in [4.69, 9.17) is 11.6 Å². The Labute approximate surface area is 142 Å². The first kappa shape index (κ1) is 14.3. The zero-order valence-corrected chi connectivity index (χ0v) is 13.6. The summed E-state index contributed by atoms with van der Waals surface area (Å²) in [6.07, 6.45) is 8.80. The maximum atomic E-state index is 6.02. The van der Waals surface area contributed by atoms with Gasteiger partial charge in [-0.25, -0.2) is 0 Å². The lowest BCUT2D eigenvalue weighted by molar-refractivity contribution is 0.597. The zero-order chi connectivity index (χ0) is 15.8. The van der Waals surface area contributed by atoms with Gasteiger partial charge in [0.15, 0.2) is 0 Å². The molecule has 114 valence electrons. The van der Waals surface area contributed by atoms with Crippen molar-refractivity contribution in [2.75, 3.05) is 4.90 Å². The average Bonchev–Trinajstić information content (AvgIpc) is 2.60. The summed E-state index contributed by atoms with van der Waals surface area (Å²) >= 11 is 6.02. The van der Waals surface area contributed by atoms with E-state index in [1.54, 1.807) is 0 Å². The van der Waals surface area contributed by atoms with Crippen LogP contribution < -0.4 is 4.90 Å². The third kappa shape index (κ3) is 2.51. The molecule has 4 rings (SSSR count). The van der Waals surface area contributed by atoms with Crippen LogP contribution in [-0.2, 0) is 6.54 Å². The molecule has 23 heavy (non-hydrogen) atoms. The average molecular weight is 320 g/mol. The van der Waals surface area contributed by atoms with E-state index in [1.807, 2.05) is 12.1 Å². The standard InChI is InChI=1S/C21H18ClN/c1-15-18-6-2-4-8-20(18)23(21-9-5-3-7-19(15)21)14-16-10-12-17(22)13-11-16/h2-13,18,20H,1,14H2. The van der Waals surface area contributed by atoms with Crippen LogP contribution in [0.25, 0.3) is 5.57 Å². The van der Waals surface area contributed by atoms with Gasteiger partial charge in [0, 0.05) is 28.7 Å². The lowest BCUT2D eigenvalue weighted by Gasteiger charge is -2.43. The Morgan fingerprint density at radius 3 is 2.52 bits per heavy atom. The van der Waals surface area contributed by atoms with Gasteiger partial charge >= 0.3 is 0 Å². The SMILES string of the molecule is C=C1c2ccccc2N(Cc2ccc(Cl)cc2)C2C=CC=CC12. The largest absolute Gasteiger partial charge is 0.359 e. The minimum Gasteiger partial charge on any atom is -0.359 e. The van der Waals surface area contributed by atoms with Crippen LogP contribution in [0.5, 0.6) is 0 Å². The summed E-state index contributed by atoms with van der Waals surface area (Å²) in [5, 5.41) is 0.777. The van der Waals surface area contributed by atoms with E-state index in [9.17, 15) is 0 Å². The molecule has 2 heteroatoms. The Balaban J connectivity index is 1.77. The van der Waals surface area contributed by atoms with Crippen molar-refractivity contribution < 1.29 is 0 Å². The van der Waals surface area contributed by atoms with Crippen molar-refractivity contribution in [3.05, 3.63) is 95.6 Å². The van der Waals surface area contributed by atoms with Crippen molar-refractivity contribution in [1.29, 1.82) is 0 Å². The summed E-state index contributed by atoms with van der Waals surface area (Å²) in [6, 6.07) is 17.0. The molecule has 1 aliphatic carbocycles. The topological polar surface area (TPSA) is 3.24 Å². The quantitative estimate of drug-likeness (QED) is 0.708. The number of benzene rings is 2. The number of para-hydroxylation sites is 1. The zero-order valence-electron chi connectivity index (χ0n) is 12.8. The van der Waals surface area contributed by atoms with E-state index in [0.29, 0.717) is 12.0 Å². The molecule has 2 aromatic rings. The fourth-order valence-corrected chi connectivity index (χ4v) is 3.65. The first-order valence-electron chi connectivity index (χ1n) is 7.88. The van der Waals surface area contributed by atoms with Crippen LogP contribution in [0.4, 0.5) is 5.69 Å². The molecule has 1 aliphatic heterocycles. The van der Waals surface area contributed by atoms with Gasteiger partial charge in [-0.1, -0.05) is 72.8 Å². The molecule has 0 spiro atoms. The van der Waals surface area contributed by atoms with Gasteiger partial charge in [-0.05, 0) is 29.3 Å². The van der Waals surface area contributed by atoms with Gasteiger partial charge in [-0.3, -0.25) is 0 Å². The Kier molecular flexibility index (Phi) is 3.59. The molecule has 2 aliphatic rings. The van der Waals surface area contributed by atoms with E-state index >= 15 is 0 Å². The van der Waals surface area contributed by atoms with Gasteiger partial charge in [0.2, 0.25) is 0 Å². The smallest absolute Gasteiger partial charge is 0.0583 e. The molecule has 0 fully saturated rings. The number of anilines is 1. The minimum absolute atomic E-state index is 0.318. The highest BCUT2D eigenvalue weighted by Gasteiger charge is 2.34. The first-order chi connectivity index (χ1) is 11.2. The lowest BCUT2D eigenvalue weighted by Crippen LogP contribution is -2.43. The lowest BCUT2D eigenvalue weighted by atomic mass is 9.79. The van der Waals surface area contributed by atoms with Gasteiger partial charge in [0.25, 0.3) is 0 Å². The van der Waals surface area contributed by atoms with Crippen LogP contribution in [0.1, 0.15) is 11.1 Å². The maximum absolute atomic E-state index is 6.02. The number of nitrogens with zero attached hydrogens (tertiary/aromatic N) is 1. The summed E-state index contributed by atoms with van der Waals surface area (Å²) in [5.74, 6) is 0.335. The molecule has 0 N–H and O–H groups in total. The van der Waals surface area contributed by atoms with Crippen LogP contribution in [0, 0.1) is 5.92 Å². The van der Waals surface area contributed by atoms with Crippen LogP contribution in [-0.4, -0.2) is 6.04 Å². The molecule has 2 atom stereocenters. The maximum Gasteiger partial charge on any atom is 0.0583 e. The van der Waals surface area contributed by atoms with E-state index in [0.717, 1.165) is 11.6 Å². The van der Waals surface area contributed by atoms with Crippen molar-refractivity contribution in [2.24, 2.45) is 5.92 Å². The summed E-state index contributed by atoms with van der Waals surface area (Å²) < 4.78 is 0. The van der Waals surface area contributed by atoms with E-state index < -0.39 is 0 Å². The fourth-order valence-electron chi connectivity index (χ4n) is 3.53. The first-order valence-corrected chi connectivity index (χ1v) is 8.26. The second-order valence-electron chi connectivity index (χ2n) is 6.08. The predicted molar refractivity (Wildman–Crippen MR) is 98.7 cm³/mol. The van der Waals surface area contributed by atoms with Crippen molar-refractivity contribution in [2.45, 2.75) is 12.6 Å². The molecule has 1 nitrogen and oxygen atoms in total. The van der Waals surface area contributed by atoms with E-state index in [2.05, 4.69) is 72.2 Å². The highest BCUT2D eigenvalue weighted by molar-refractivity contribution is 6.30. The molecule has 0 radical (unpaired) electrons. The van der Waals surface area contributed by atoms with Gasteiger partial charge in [-0.2, -0.15) is 0 Å². The van der Waals surface area contributed by atoms with Crippen molar-refractivity contribution in [3.63, 3.8) is 0 Å². The summed E-state index contributed by atoms with van der Waals surface area (Å²) in [6.45, 7) is 5.23. The number of rotatable bonds is 2. The summed E-state index contributed by atoms with van der Waals surface area (Å²) in [7, 11) is 0. The van der Waals surface area contributed by atoms with Crippen molar-refractivity contribution in [3.8, 4) is 0 Å². The molecule has 2 aromatic carbocycles. The number of halogens is 1. The molecule has 1 heterocycles. The molecule has 0 bridgehead atoms. The monoisotopic (exact) mass is 319 g/mol. The molecule has 0 saturated carbocycles. The number of fused-ring (bicyclic) bond motifs is 2. The Morgan fingerprint density at radius 1 is 0.957 bits per heavy atom. The number of allylic oxidation sites excluding steroid dienone is 2. The number of hydrogen-bond acceptors (Lipinski definition) is 1. The van der Waals surface area contributed by atoms with Gasteiger partial charge < -0.3 is 4.90 Å². The third-order valence-electron chi connectivity index (χ3n) is 4.69. The highest BCUT2D eigenvalue weighted by atomic mass is 35.5. The fraction of sp³-hybridized carbons (Fsp3) is 0.143. The van der Waals surface area contributed by atoms with E-state index in [-0.39, 0.29) is 0 Å². The highest BCUT2D eigenvalue weighted by Crippen LogP contribution is 2.43. The molecule has 0 amide bonds. The van der Waals surface area contributed by atoms with Crippen molar-refractivity contribution in [1.82, 2.24) is 0 Å². The molecule has 0 saturated heterocycles. The normalized spacial score (nSPS) is 22.0. The molecule has 0 aromatic heterocycles. The Morgan fingerprint density at radius 2 is 1.70 bits per heavy atom. The third-order valence-corrected chi connectivity index (χ3v) is 4.95. The van der Waals surface area contributed by atoms with Crippen LogP contribution >= 0.6 is 11.6 Å². The van der Waals surface area contributed by atoms with Crippen molar-refractivity contribution >= 4 is 22.9 Å². The second kappa shape index (κ2) is 5.75. The Bertz CT molecular complexity index is 801. The van der Waals surface area contributed by atoms with Gasteiger partial charge in [-0.15, -0.1) is 0 Å². The van der Waals surface area contributed by atoms with Crippen LogP contribution in [0.15, 0.2) is 79.4 Å². The summed E-state index contributed by atoms with van der Waals surface area (Å²) in [5.41, 5.74) is 4.98. The minimum atomic E-state index is 0.318. The van der Waals surface area contributed by atoms with Crippen LogP contribution in [0.2, 0.25) is 5.02 Å². The van der Waals surface area contributed by atoms with Gasteiger partial charge in [0.1, 0.15) is 0 Å². The van der Waals surface area contributed by atoms with E-state index in [1.165, 1.54) is 22.4 Å². The molecular weight excluding hydrogens is 302 g/mol. The summed E-state index contributed by atoms with van der Waals surface area (Å²) in [4.78, 5) is 2.47. The predicted octanol–water partition coefficient (Wildman–Crippen LogP) is 5.48. The van der Waals surface area contributed by atoms with Crippen LogP contribution in [0.3, 0.4) is 0 Å². The van der Waals surface area contributed by atoms with Gasteiger partial charge in [0.05, 0.1) is 6.04 Å².